The molecule has 0 bridgehead atoms. The minimum Gasteiger partial charge on any atom is -0.0654 e. The topological polar surface area (TPSA) is 0 Å². The molecule has 0 atom stereocenters. The molecule has 2 saturated carbocycles. The molecule has 0 aromatic heterocycles. The molecule has 2 aliphatic carbocycles. The minimum absolute atomic E-state index is 0.997. The maximum absolute atomic E-state index is 2.38. The number of aryl methyl sites for hydroxylation is 2. The summed E-state index contributed by atoms with van der Waals surface area (Å²) in [6.45, 7) is 4.60. The van der Waals surface area contributed by atoms with E-state index in [1.807, 2.05) is 0 Å². The number of hydrogen-bond acceptors (Lipinski definition) is 0. The number of benzene rings is 1. The summed E-state index contributed by atoms with van der Waals surface area (Å²) in [4.78, 5) is 0. The highest BCUT2D eigenvalue weighted by molar-refractivity contribution is 5.22. The van der Waals surface area contributed by atoms with Crippen LogP contribution < -0.4 is 0 Å². The van der Waals surface area contributed by atoms with Crippen molar-refractivity contribution >= 4 is 0 Å². The van der Waals surface area contributed by atoms with Crippen LogP contribution >= 0.6 is 0 Å². The van der Waals surface area contributed by atoms with Gasteiger partial charge in [0.25, 0.3) is 0 Å². The van der Waals surface area contributed by atoms with Crippen molar-refractivity contribution in [3.8, 4) is 0 Å². The van der Waals surface area contributed by atoms with Crippen molar-refractivity contribution in [3.63, 3.8) is 0 Å². The molecule has 0 radical (unpaired) electrons. The highest BCUT2D eigenvalue weighted by atomic mass is 14.4. The summed E-state index contributed by atoms with van der Waals surface area (Å²) in [6, 6.07) is 9.48. The largest absolute Gasteiger partial charge is 0.0654 e. The maximum atomic E-state index is 2.38. The second-order valence-corrected chi connectivity index (χ2v) is 10.2. The van der Waals surface area contributed by atoms with E-state index >= 15 is 0 Å². The van der Waals surface area contributed by atoms with Crippen LogP contribution in [0.15, 0.2) is 24.3 Å². The lowest BCUT2D eigenvalue weighted by molar-refractivity contribution is 0.140. The molecule has 0 amide bonds. The van der Waals surface area contributed by atoms with E-state index < -0.39 is 0 Å². The Morgan fingerprint density at radius 1 is 0.571 bits per heavy atom. The van der Waals surface area contributed by atoms with Gasteiger partial charge in [0, 0.05) is 0 Å². The number of unbranched alkanes of at least 4 members (excludes halogenated alkanes) is 2. The summed E-state index contributed by atoms with van der Waals surface area (Å²) in [6.07, 6.45) is 23.3. The van der Waals surface area contributed by atoms with Crippen molar-refractivity contribution in [2.75, 3.05) is 0 Å². The van der Waals surface area contributed by atoms with Gasteiger partial charge in [-0.25, -0.2) is 0 Å². The SMILES string of the molecule is CCCCC[C@H]1CC[C@H]([C@H]2CC[C@H](CCc3ccc(CCC)cc3)CC2)CC1. The van der Waals surface area contributed by atoms with Gasteiger partial charge in [-0.1, -0.05) is 95.9 Å². The first kappa shape index (κ1) is 21.9. The first-order valence-electron chi connectivity index (χ1n) is 12.9. The molecule has 0 N–H and O–H groups in total. The van der Waals surface area contributed by atoms with Crippen LogP contribution in [0.4, 0.5) is 0 Å². The zero-order valence-corrected chi connectivity index (χ0v) is 18.9. The van der Waals surface area contributed by atoms with Gasteiger partial charge in [0.1, 0.15) is 0 Å². The van der Waals surface area contributed by atoms with Gasteiger partial charge in [0.05, 0.1) is 0 Å². The smallest absolute Gasteiger partial charge is 0.0276 e. The molecular weight excluding hydrogens is 336 g/mol. The van der Waals surface area contributed by atoms with Crippen LogP contribution in [0.1, 0.15) is 115 Å². The molecule has 0 nitrogen and oxygen atoms in total. The Labute approximate surface area is 175 Å². The second kappa shape index (κ2) is 12.0. The van der Waals surface area contributed by atoms with Crippen molar-refractivity contribution in [3.05, 3.63) is 35.4 Å². The molecule has 28 heavy (non-hydrogen) atoms. The first-order valence-corrected chi connectivity index (χ1v) is 12.9. The van der Waals surface area contributed by atoms with Crippen LogP contribution in [0.2, 0.25) is 0 Å². The molecule has 1 aromatic rings. The van der Waals surface area contributed by atoms with Gasteiger partial charge < -0.3 is 0 Å². The van der Waals surface area contributed by atoms with E-state index in [0.29, 0.717) is 0 Å². The molecule has 0 heterocycles. The van der Waals surface area contributed by atoms with E-state index in [1.165, 1.54) is 82.6 Å². The van der Waals surface area contributed by atoms with E-state index in [0.717, 1.165) is 23.7 Å². The number of rotatable bonds is 10. The van der Waals surface area contributed by atoms with E-state index in [4.69, 9.17) is 0 Å². The second-order valence-electron chi connectivity index (χ2n) is 10.2. The van der Waals surface area contributed by atoms with Crippen LogP contribution in [-0.4, -0.2) is 0 Å². The van der Waals surface area contributed by atoms with Crippen LogP contribution in [0.5, 0.6) is 0 Å². The Bertz CT molecular complexity index is 511. The third kappa shape index (κ3) is 6.93. The van der Waals surface area contributed by atoms with Gasteiger partial charge in [0.2, 0.25) is 0 Å². The Morgan fingerprint density at radius 2 is 1.07 bits per heavy atom. The molecule has 2 fully saturated rings. The average molecular weight is 383 g/mol. The van der Waals surface area contributed by atoms with Crippen LogP contribution in [0.25, 0.3) is 0 Å². The Hall–Kier alpha value is -0.780. The highest BCUT2D eigenvalue weighted by Crippen LogP contribution is 2.43. The first-order chi connectivity index (χ1) is 13.8. The predicted molar refractivity (Wildman–Crippen MR) is 124 cm³/mol. The van der Waals surface area contributed by atoms with Crippen LogP contribution in [-0.2, 0) is 12.8 Å². The van der Waals surface area contributed by atoms with E-state index in [1.54, 1.807) is 31.2 Å². The van der Waals surface area contributed by atoms with Gasteiger partial charge in [0.15, 0.2) is 0 Å². The summed E-state index contributed by atoms with van der Waals surface area (Å²) in [5.74, 6) is 4.22. The quantitative estimate of drug-likeness (QED) is 0.355. The minimum atomic E-state index is 0.997. The molecule has 0 aliphatic heterocycles. The molecule has 0 heteroatoms. The fourth-order valence-electron chi connectivity index (χ4n) is 6.11. The van der Waals surface area contributed by atoms with E-state index in [-0.39, 0.29) is 0 Å². The van der Waals surface area contributed by atoms with Crippen molar-refractivity contribution in [1.29, 1.82) is 0 Å². The van der Waals surface area contributed by atoms with Gasteiger partial charge in [-0.15, -0.1) is 0 Å². The molecule has 158 valence electrons. The third-order valence-electron chi connectivity index (χ3n) is 8.07. The zero-order chi connectivity index (χ0) is 19.6. The molecule has 1 aromatic carbocycles. The zero-order valence-electron chi connectivity index (χ0n) is 18.9. The normalized spacial score (nSPS) is 28.4. The van der Waals surface area contributed by atoms with Gasteiger partial charge in [-0.3, -0.25) is 0 Å². The maximum Gasteiger partial charge on any atom is -0.0276 e. The monoisotopic (exact) mass is 382 g/mol. The van der Waals surface area contributed by atoms with Gasteiger partial charge >= 0.3 is 0 Å². The predicted octanol–water partition coefficient (Wildman–Crippen LogP) is 8.76. The van der Waals surface area contributed by atoms with E-state index in [9.17, 15) is 0 Å². The number of hydrogen-bond donors (Lipinski definition) is 0. The fraction of sp³-hybridized carbons (Fsp3) is 0.786. The Morgan fingerprint density at radius 3 is 1.57 bits per heavy atom. The summed E-state index contributed by atoms with van der Waals surface area (Å²) in [7, 11) is 0. The lowest BCUT2D eigenvalue weighted by Crippen LogP contribution is -2.26. The summed E-state index contributed by atoms with van der Waals surface area (Å²) in [5.41, 5.74) is 3.07. The molecule has 0 saturated heterocycles. The fourth-order valence-corrected chi connectivity index (χ4v) is 6.11. The molecule has 0 spiro atoms. The lowest BCUT2D eigenvalue weighted by atomic mass is 9.68. The summed E-state index contributed by atoms with van der Waals surface area (Å²) in [5, 5.41) is 0. The van der Waals surface area contributed by atoms with Gasteiger partial charge in [-0.05, 0) is 79.7 Å². The van der Waals surface area contributed by atoms with Crippen LogP contribution in [0.3, 0.4) is 0 Å². The Balaban J connectivity index is 1.31. The van der Waals surface area contributed by atoms with Crippen molar-refractivity contribution in [2.24, 2.45) is 23.7 Å². The summed E-state index contributed by atoms with van der Waals surface area (Å²) < 4.78 is 0. The van der Waals surface area contributed by atoms with Crippen LogP contribution in [0, 0.1) is 23.7 Å². The molecular formula is C28H46. The Kier molecular flexibility index (Phi) is 9.42. The summed E-state index contributed by atoms with van der Waals surface area (Å²) >= 11 is 0. The van der Waals surface area contributed by atoms with Gasteiger partial charge in [-0.2, -0.15) is 0 Å². The van der Waals surface area contributed by atoms with Crippen molar-refractivity contribution < 1.29 is 0 Å². The molecule has 2 aliphatic rings. The van der Waals surface area contributed by atoms with Crippen molar-refractivity contribution in [2.45, 2.75) is 117 Å². The highest BCUT2D eigenvalue weighted by Gasteiger charge is 2.30. The average Bonchev–Trinajstić information content (AvgIpc) is 2.75. The lowest BCUT2D eigenvalue weighted by Gasteiger charge is -2.38. The van der Waals surface area contributed by atoms with E-state index in [2.05, 4.69) is 38.1 Å². The third-order valence-corrected chi connectivity index (χ3v) is 8.07. The molecule has 0 unspecified atom stereocenters. The molecule has 3 rings (SSSR count). The van der Waals surface area contributed by atoms with Crippen molar-refractivity contribution in [1.82, 2.24) is 0 Å². The standard InChI is InChI=1S/C28H46/c1-3-5-6-8-24-15-19-27(20-16-24)28-21-17-26(18-22-28)14-13-25-11-9-23(7-4-2)10-12-25/h9-12,24,26-28H,3-8,13-22H2,1-2H3/t24-,26-,27-,28-.